The van der Waals surface area contributed by atoms with Crippen LogP contribution in [0.3, 0.4) is 0 Å². The molecule has 1 aromatic carbocycles. The lowest BCUT2D eigenvalue weighted by Gasteiger charge is -2.28. The largest absolute Gasteiger partial charge is 0.503 e. The van der Waals surface area contributed by atoms with Crippen molar-refractivity contribution in [1.29, 1.82) is 0 Å². The summed E-state index contributed by atoms with van der Waals surface area (Å²) in [6, 6.07) is 4.20. The van der Waals surface area contributed by atoms with Crippen LogP contribution in [-0.4, -0.2) is 58.8 Å². The fourth-order valence-corrected chi connectivity index (χ4v) is 4.50. The Morgan fingerprint density at radius 1 is 1.28 bits per heavy atom. The number of aryl methyl sites for hydroxylation is 2. The minimum Gasteiger partial charge on any atom is -0.503 e. The zero-order valence-corrected chi connectivity index (χ0v) is 18.8. The highest BCUT2D eigenvalue weighted by atomic mass is 35.5. The van der Waals surface area contributed by atoms with Gasteiger partial charge in [0.05, 0.1) is 37.2 Å². The lowest BCUT2D eigenvalue weighted by atomic mass is 9.95. The molecule has 0 saturated heterocycles. The summed E-state index contributed by atoms with van der Waals surface area (Å²) in [6.07, 6.45) is 0. The van der Waals surface area contributed by atoms with E-state index < -0.39 is 23.5 Å². The van der Waals surface area contributed by atoms with Crippen molar-refractivity contribution in [2.75, 3.05) is 27.2 Å². The summed E-state index contributed by atoms with van der Waals surface area (Å²) in [4.78, 5) is 34.4. The van der Waals surface area contributed by atoms with E-state index in [1.54, 1.807) is 25.1 Å². The molecule has 0 saturated carbocycles. The van der Waals surface area contributed by atoms with Crippen molar-refractivity contribution < 1.29 is 14.7 Å². The molecule has 2 heterocycles. The number of benzene rings is 1. The molecule has 1 N–H and O–H groups in total. The van der Waals surface area contributed by atoms with Crippen LogP contribution in [0.25, 0.3) is 0 Å². The van der Waals surface area contributed by atoms with Gasteiger partial charge in [0.15, 0.2) is 5.76 Å². The molecule has 0 spiro atoms. The Morgan fingerprint density at radius 2 is 1.97 bits per heavy atom. The van der Waals surface area contributed by atoms with E-state index in [1.165, 1.54) is 16.2 Å². The topological polar surface area (TPSA) is 73.7 Å². The van der Waals surface area contributed by atoms with Gasteiger partial charge in [-0.2, -0.15) is 0 Å². The Hall–Kier alpha value is -1.93. The molecule has 29 heavy (non-hydrogen) atoms. The molecular formula is C20H21Cl2N3O3S. The number of likely N-dealkylation sites (N-methyl/N-ethyl adjacent to an activating group) is 1. The molecule has 6 nitrogen and oxygen atoms in total. The lowest BCUT2D eigenvalue weighted by molar-refractivity contribution is -0.129. The van der Waals surface area contributed by atoms with E-state index >= 15 is 0 Å². The first-order chi connectivity index (χ1) is 13.6. The van der Waals surface area contributed by atoms with Gasteiger partial charge in [0.25, 0.3) is 5.91 Å². The number of hydrogen-bond donors (Lipinski definition) is 1. The Labute approximate surface area is 183 Å². The summed E-state index contributed by atoms with van der Waals surface area (Å²) in [5.41, 5.74) is 1.22. The fraction of sp³-hybridized carbons (Fsp3) is 0.350. The smallest absolute Gasteiger partial charge is 0.290 e. The molecule has 1 aliphatic rings. The number of carbonyl (C=O) groups is 2. The Kier molecular flexibility index (Phi) is 6.33. The van der Waals surface area contributed by atoms with Crippen LogP contribution >= 0.6 is 34.5 Å². The molecule has 3 rings (SSSR count). The molecule has 1 atom stereocenters. The minimum atomic E-state index is -0.758. The van der Waals surface area contributed by atoms with Gasteiger partial charge >= 0.3 is 0 Å². The average Bonchev–Trinajstić information content (AvgIpc) is 3.11. The molecule has 1 unspecified atom stereocenters. The number of amides is 1. The van der Waals surface area contributed by atoms with Gasteiger partial charge in [-0.3, -0.25) is 9.59 Å². The van der Waals surface area contributed by atoms with Crippen LogP contribution in [-0.2, 0) is 4.79 Å². The van der Waals surface area contributed by atoms with Crippen LogP contribution in [0.4, 0.5) is 0 Å². The summed E-state index contributed by atoms with van der Waals surface area (Å²) in [6.45, 7) is 4.45. The number of aliphatic hydroxyl groups excluding tert-OH is 1. The Bertz CT molecular complexity index is 1020. The number of thiazole rings is 1. The van der Waals surface area contributed by atoms with Crippen LogP contribution in [0.2, 0.25) is 10.0 Å². The molecule has 154 valence electrons. The number of hydrogen-bond acceptors (Lipinski definition) is 6. The number of aliphatic hydroxyl groups is 1. The van der Waals surface area contributed by atoms with Crippen LogP contribution in [0.1, 0.15) is 32.0 Å². The van der Waals surface area contributed by atoms with Crippen LogP contribution in [0, 0.1) is 13.8 Å². The molecule has 0 radical (unpaired) electrons. The first-order valence-corrected chi connectivity index (χ1v) is 10.5. The molecule has 1 aliphatic heterocycles. The summed E-state index contributed by atoms with van der Waals surface area (Å²) in [5, 5.41) is 12.1. The highest BCUT2D eigenvalue weighted by molar-refractivity contribution is 7.14. The minimum absolute atomic E-state index is 0.0406. The number of ketones is 1. The van der Waals surface area contributed by atoms with Gasteiger partial charge in [0.1, 0.15) is 0 Å². The van der Waals surface area contributed by atoms with E-state index in [2.05, 4.69) is 4.98 Å². The Balaban J connectivity index is 2.12. The molecule has 0 fully saturated rings. The number of nitrogens with zero attached hydrogens (tertiary/aromatic N) is 3. The maximum absolute atomic E-state index is 13.4. The second-order valence-corrected chi connectivity index (χ2v) is 9.13. The number of aromatic nitrogens is 1. The van der Waals surface area contributed by atoms with Crippen molar-refractivity contribution in [1.82, 2.24) is 14.8 Å². The zero-order chi connectivity index (χ0) is 21.5. The molecule has 2 aromatic rings. The van der Waals surface area contributed by atoms with Gasteiger partial charge in [0, 0.05) is 13.1 Å². The second kappa shape index (κ2) is 8.44. The third-order valence-corrected chi connectivity index (χ3v) is 6.52. The quantitative estimate of drug-likeness (QED) is 0.663. The van der Waals surface area contributed by atoms with E-state index in [0.717, 1.165) is 5.01 Å². The van der Waals surface area contributed by atoms with E-state index in [0.29, 0.717) is 39.3 Å². The molecule has 0 aliphatic carbocycles. The molecule has 1 aromatic heterocycles. The van der Waals surface area contributed by atoms with Gasteiger partial charge in [-0.05, 0) is 45.6 Å². The first kappa shape index (κ1) is 21.8. The summed E-state index contributed by atoms with van der Waals surface area (Å²) in [7, 11) is 3.77. The highest BCUT2D eigenvalue weighted by Gasteiger charge is 2.44. The normalized spacial score (nSPS) is 17.0. The van der Waals surface area contributed by atoms with Gasteiger partial charge < -0.3 is 14.9 Å². The number of Topliss-reactive ketones (excluding diaryl/α,β-unsaturated/α-hetero) is 1. The summed E-state index contributed by atoms with van der Waals surface area (Å²) < 4.78 is 0. The van der Waals surface area contributed by atoms with Crippen molar-refractivity contribution in [3.8, 4) is 0 Å². The summed E-state index contributed by atoms with van der Waals surface area (Å²) in [5.74, 6) is -1.51. The van der Waals surface area contributed by atoms with E-state index in [1.807, 2.05) is 25.9 Å². The van der Waals surface area contributed by atoms with Crippen LogP contribution in [0.15, 0.2) is 29.5 Å². The predicted octanol–water partition coefficient (Wildman–Crippen LogP) is 4.21. The monoisotopic (exact) mass is 453 g/mol. The lowest BCUT2D eigenvalue weighted by Crippen LogP contribution is -2.36. The van der Waals surface area contributed by atoms with Gasteiger partial charge in [-0.1, -0.05) is 29.3 Å². The molecule has 9 heteroatoms. The second-order valence-electron chi connectivity index (χ2n) is 7.12. The van der Waals surface area contributed by atoms with Gasteiger partial charge in [-0.25, -0.2) is 4.98 Å². The number of rotatable bonds is 6. The maximum atomic E-state index is 13.4. The maximum Gasteiger partial charge on any atom is 0.290 e. The SMILES string of the molecule is Cc1nc(C)c(C(=O)C2=C(O)C(=O)N(CCN(C)C)C2c2ccc(Cl)c(Cl)c2)s1. The van der Waals surface area contributed by atoms with Crippen LogP contribution < -0.4 is 0 Å². The average molecular weight is 454 g/mol. The van der Waals surface area contributed by atoms with Crippen molar-refractivity contribution in [2.45, 2.75) is 19.9 Å². The van der Waals surface area contributed by atoms with Crippen molar-refractivity contribution in [3.05, 3.63) is 60.7 Å². The predicted molar refractivity (Wildman–Crippen MR) is 115 cm³/mol. The number of carbonyl (C=O) groups excluding carboxylic acids is 2. The van der Waals surface area contributed by atoms with Crippen LogP contribution in [0.5, 0.6) is 0 Å². The summed E-state index contributed by atoms with van der Waals surface area (Å²) >= 11 is 13.5. The number of halogens is 2. The third-order valence-electron chi connectivity index (χ3n) is 4.71. The van der Waals surface area contributed by atoms with E-state index in [4.69, 9.17) is 23.2 Å². The standard InChI is InChI=1S/C20H21Cl2N3O3S/c1-10-19(29-11(2)23-10)17(26)15-16(12-5-6-13(21)14(22)9-12)25(8-7-24(3)4)20(28)18(15)27/h5-6,9,16,27H,7-8H2,1-4H3. The third kappa shape index (κ3) is 4.19. The van der Waals surface area contributed by atoms with Gasteiger partial charge in [0.2, 0.25) is 5.78 Å². The van der Waals surface area contributed by atoms with E-state index in [9.17, 15) is 14.7 Å². The fourth-order valence-electron chi connectivity index (χ4n) is 3.32. The van der Waals surface area contributed by atoms with Gasteiger partial charge in [-0.15, -0.1) is 11.3 Å². The molecule has 0 bridgehead atoms. The van der Waals surface area contributed by atoms with E-state index in [-0.39, 0.29) is 5.57 Å². The zero-order valence-electron chi connectivity index (χ0n) is 16.5. The molecular weight excluding hydrogens is 433 g/mol. The van der Waals surface area contributed by atoms with Crippen molar-refractivity contribution >= 4 is 46.2 Å². The molecule has 1 amide bonds. The first-order valence-electron chi connectivity index (χ1n) is 8.94. The Morgan fingerprint density at radius 3 is 2.52 bits per heavy atom. The van der Waals surface area contributed by atoms with Crippen molar-refractivity contribution in [2.24, 2.45) is 0 Å². The highest BCUT2D eigenvalue weighted by Crippen LogP contribution is 2.41. The van der Waals surface area contributed by atoms with Crippen molar-refractivity contribution in [3.63, 3.8) is 0 Å².